The lowest BCUT2D eigenvalue weighted by Crippen LogP contribution is -2.04. The van der Waals surface area contributed by atoms with Crippen LogP contribution < -0.4 is 10.1 Å². The normalized spacial score (nSPS) is 10.1. The molecule has 2 N–H and O–H groups in total. The molecule has 0 spiro atoms. The molecule has 0 saturated heterocycles. The molecule has 5 nitrogen and oxygen atoms in total. The van der Waals surface area contributed by atoms with E-state index < -0.39 is 0 Å². The SMILES string of the molecule is COc1cccc(CNc2ccnc(CO)n2)c1. The first-order chi connectivity index (χ1) is 8.81. The van der Waals surface area contributed by atoms with Crippen LogP contribution in [0.15, 0.2) is 36.5 Å². The molecule has 0 amide bonds. The number of nitrogens with zero attached hydrogens (tertiary/aromatic N) is 2. The van der Waals surface area contributed by atoms with E-state index in [1.54, 1.807) is 19.4 Å². The molecule has 0 fully saturated rings. The fourth-order valence-electron chi connectivity index (χ4n) is 1.55. The average Bonchev–Trinajstić information content (AvgIpc) is 2.45. The van der Waals surface area contributed by atoms with Gasteiger partial charge in [0, 0.05) is 12.7 Å². The summed E-state index contributed by atoms with van der Waals surface area (Å²) in [6.45, 7) is 0.480. The van der Waals surface area contributed by atoms with Gasteiger partial charge in [-0.05, 0) is 23.8 Å². The van der Waals surface area contributed by atoms with Gasteiger partial charge in [0.05, 0.1) is 7.11 Å². The van der Waals surface area contributed by atoms with Crippen molar-refractivity contribution in [3.05, 3.63) is 47.9 Å². The number of methoxy groups -OCH3 is 1. The highest BCUT2D eigenvalue weighted by Gasteiger charge is 1.99. The third-order valence-electron chi connectivity index (χ3n) is 2.45. The molecule has 2 rings (SSSR count). The maximum Gasteiger partial charge on any atom is 0.156 e. The zero-order valence-corrected chi connectivity index (χ0v) is 10.1. The minimum absolute atomic E-state index is 0.158. The Kier molecular flexibility index (Phi) is 4.09. The number of anilines is 1. The number of nitrogens with one attached hydrogen (secondary N) is 1. The second kappa shape index (κ2) is 5.97. The molecule has 0 saturated carbocycles. The molecule has 5 heteroatoms. The van der Waals surface area contributed by atoms with E-state index in [1.807, 2.05) is 24.3 Å². The van der Waals surface area contributed by atoms with Gasteiger partial charge in [-0.2, -0.15) is 0 Å². The number of ether oxygens (including phenoxy) is 1. The summed E-state index contributed by atoms with van der Waals surface area (Å²) in [6, 6.07) is 9.57. The standard InChI is InChI=1S/C13H15N3O2/c1-18-11-4-2-3-10(7-11)8-15-12-5-6-14-13(9-17)16-12/h2-7,17H,8-9H2,1H3,(H,14,15,16). The van der Waals surface area contributed by atoms with Crippen LogP contribution >= 0.6 is 0 Å². The van der Waals surface area contributed by atoms with Crippen molar-refractivity contribution in [2.24, 2.45) is 0 Å². The Balaban J connectivity index is 2.01. The van der Waals surface area contributed by atoms with Crippen LogP contribution in [-0.4, -0.2) is 22.2 Å². The topological polar surface area (TPSA) is 67.3 Å². The first-order valence-corrected chi connectivity index (χ1v) is 5.61. The average molecular weight is 245 g/mol. The maximum atomic E-state index is 8.95. The summed E-state index contributed by atoms with van der Waals surface area (Å²) < 4.78 is 5.16. The van der Waals surface area contributed by atoms with Gasteiger partial charge >= 0.3 is 0 Å². The minimum Gasteiger partial charge on any atom is -0.497 e. The fraction of sp³-hybridized carbons (Fsp3) is 0.231. The molecular formula is C13H15N3O2. The van der Waals surface area contributed by atoms with Gasteiger partial charge in [0.15, 0.2) is 5.82 Å². The Morgan fingerprint density at radius 3 is 3.00 bits per heavy atom. The van der Waals surface area contributed by atoms with Crippen LogP contribution in [0.4, 0.5) is 5.82 Å². The van der Waals surface area contributed by atoms with E-state index in [9.17, 15) is 0 Å². The summed E-state index contributed by atoms with van der Waals surface area (Å²) in [5, 5.41) is 12.1. The predicted octanol–water partition coefficient (Wildman–Crippen LogP) is 1.59. The highest BCUT2D eigenvalue weighted by atomic mass is 16.5. The summed E-state index contributed by atoms with van der Waals surface area (Å²) in [7, 11) is 1.64. The Labute approximate surface area is 105 Å². The third-order valence-corrected chi connectivity index (χ3v) is 2.45. The van der Waals surface area contributed by atoms with Crippen molar-refractivity contribution in [1.82, 2.24) is 9.97 Å². The van der Waals surface area contributed by atoms with Crippen molar-refractivity contribution >= 4 is 5.82 Å². The number of benzene rings is 1. The molecular weight excluding hydrogens is 230 g/mol. The number of rotatable bonds is 5. The molecule has 0 radical (unpaired) electrons. The Hall–Kier alpha value is -2.14. The van der Waals surface area contributed by atoms with Gasteiger partial charge in [-0.3, -0.25) is 0 Å². The second-order valence-corrected chi connectivity index (χ2v) is 3.72. The second-order valence-electron chi connectivity index (χ2n) is 3.72. The molecule has 94 valence electrons. The van der Waals surface area contributed by atoms with Crippen LogP contribution in [-0.2, 0) is 13.2 Å². The van der Waals surface area contributed by atoms with Crippen molar-refractivity contribution in [3.8, 4) is 5.75 Å². The molecule has 18 heavy (non-hydrogen) atoms. The summed E-state index contributed by atoms with van der Waals surface area (Å²) in [5.41, 5.74) is 1.10. The molecule has 0 bridgehead atoms. The van der Waals surface area contributed by atoms with E-state index in [2.05, 4.69) is 15.3 Å². The van der Waals surface area contributed by atoms with E-state index in [0.717, 1.165) is 11.3 Å². The lowest BCUT2D eigenvalue weighted by Gasteiger charge is -2.07. The van der Waals surface area contributed by atoms with E-state index in [4.69, 9.17) is 9.84 Å². The van der Waals surface area contributed by atoms with Crippen LogP contribution in [0.25, 0.3) is 0 Å². The molecule has 0 aliphatic rings. The Bertz CT molecular complexity index is 470. The Morgan fingerprint density at radius 1 is 1.33 bits per heavy atom. The van der Waals surface area contributed by atoms with Crippen LogP contribution in [0.1, 0.15) is 11.4 Å². The predicted molar refractivity (Wildman–Crippen MR) is 68.3 cm³/mol. The number of aliphatic hydroxyl groups excluding tert-OH is 1. The summed E-state index contributed by atoms with van der Waals surface area (Å²) in [6.07, 6.45) is 1.62. The summed E-state index contributed by atoms with van der Waals surface area (Å²) >= 11 is 0. The van der Waals surface area contributed by atoms with Crippen molar-refractivity contribution in [2.45, 2.75) is 13.2 Å². The smallest absolute Gasteiger partial charge is 0.156 e. The third kappa shape index (κ3) is 3.18. The molecule has 1 aromatic carbocycles. The van der Waals surface area contributed by atoms with E-state index >= 15 is 0 Å². The molecule has 0 aliphatic carbocycles. The van der Waals surface area contributed by atoms with Gasteiger partial charge in [0.2, 0.25) is 0 Å². The van der Waals surface area contributed by atoms with Crippen LogP contribution in [0, 0.1) is 0 Å². The lowest BCUT2D eigenvalue weighted by atomic mass is 10.2. The number of hydrogen-bond acceptors (Lipinski definition) is 5. The molecule has 0 atom stereocenters. The highest BCUT2D eigenvalue weighted by Crippen LogP contribution is 2.13. The highest BCUT2D eigenvalue weighted by molar-refractivity contribution is 5.36. The first-order valence-electron chi connectivity index (χ1n) is 5.61. The fourth-order valence-corrected chi connectivity index (χ4v) is 1.55. The van der Waals surface area contributed by atoms with Crippen LogP contribution in [0.2, 0.25) is 0 Å². The molecule has 1 heterocycles. The van der Waals surface area contributed by atoms with Gasteiger partial charge in [0.25, 0.3) is 0 Å². The summed E-state index contributed by atoms with van der Waals surface area (Å²) in [4.78, 5) is 8.06. The van der Waals surface area contributed by atoms with E-state index in [0.29, 0.717) is 18.2 Å². The number of hydrogen-bond donors (Lipinski definition) is 2. The molecule has 0 aliphatic heterocycles. The zero-order valence-electron chi connectivity index (χ0n) is 10.1. The maximum absolute atomic E-state index is 8.95. The number of aliphatic hydroxyl groups is 1. The lowest BCUT2D eigenvalue weighted by molar-refractivity contribution is 0.271. The van der Waals surface area contributed by atoms with E-state index in [1.165, 1.54) is 0 Å². The van der Waals surface area contributed by atoms with Gasteiger partial charge < -0.3 is 15.2 Å². The van der Waals surface area contributed by atoms with Crippen molar-refractivity contribution < 1.29 is 9.84 Å². The molecule has 2 aromatic rings. The quantitative estimate of drug-likeness (QED) is 0.837. The van der Waals surface area contributed by atoms with Gasteiger partial charge in [0.1, 0.15) is 18.2 Å². The summed E-state index contributed by atoms with van der Waals surface area (Å²) in [5.74, 6) is 1.93. The van der Waals surface area contributed by atoms with Crippen LogP contribution in [0.3, 0.4) is 0 Å². The first kappa shape index (κ1) is 12.3. The molecule has 1 aromatic heterocycles. The van der Waals surface area contributed by atoms with Crippen molar-refractivity contribution in [1.29, 1.82) is 0 Å². The zero-order chi connectivity index (χ0) is 12.8. The van der Waals surface area contributed by atoms with Gasteiger partial charge in [-0.15, -0.1) is 0 Å². The van der Waals surface area contributed by atoms with Crippen molar-refractivity contribution in [3.63, 3.8) is 0 Å². The number of aromatic nitrogens is 2. The minimum atomic E-state index is -0.158. The Morgan fingerprint density at radius 2 is 2.22 bits per heavy atom. The van der Waals surface area contributed by atoms with Gasteiger partial charge in [-0.25, -0.2) is 9.97 Å². The van der Waals surface area contributed by atoms with Gasteiger partial charge in [-0.1, -0.05) is 12.1 Å². The van der Waals surface area contributed by atoms with Crippen LogP contribution in [0.5, 0.6) is 5.75 Å². The van der Waals surface area contributed by atoms with Crippen molar-refractivity contribution in [2.75, 3.05) is 12.4 Å². The monoisotopic (exact) mass is 245 g/mol. The largest absolute Gasteiger partial charge is 0.497 e. The van der Waals surface area contributed by atoms with E-state index in [-0.39, 0.29) is 6.61 Å². The molecule has 0 unspecified atom stereocenters.